The molecule has 0 bridgehead atoms. The van der Waals surface area contributed by atoms with Crippen LogP contribution in [0.25, 0.3) is 11.2 Å². The highest BCUT2D eigenvalue weighted by Crippen LogP contribution is 2.61. The lowest BCUT2D eigenvalue weighted by Crippen LogP contribution is -2.46. The summed E-state index contributed by atoms with van der Waals surface area (Å²) in [7, 11) is -12.9. The SMILES string of the molecule is CC(C(=O)SCCNC(=O)CCNC(=O)C(O)C(C)(C)COP(=O)(O)OP(=O)(O)OCC1OC(n2cnc3c(N)ncnc32)C(O)C1OP(=O)(O)O)N(C)C. The van der Waals surface area contributed by atoms with E-state index in [1.54, 1.807) is 25.9 Å². The summed E-state index contributed by atoms with van der Waals surface area (Å²) in [6, 6.07) is -0.294. The molecule has 3 rings (SSSR count). The fourth-order valence-electron chi connectivity index (χ4n) is 4.61. The minimum atomic E-state index is -5.57. The van der Waals surface area contributed by atoms with Gasteiger partial charge in [0.25, 0.3) is 0 Å². The summed E-state index contributed by atoms with van der Waals surface area (Å²) >= 11 is 1.06. The molecule has 25 nitrogen and oxygen atoms in total. The van der Waals surface area contributed by atoms with Gasteiger partial charge in [-0.25, -0.2) is 28.6 Å². The van der Waals surface area contributed by atoms with E-state index in [4.69, 9.17) is 19.5 Å². The zero-order chi connectivity index (χ0) is 41.5. The largest absolute Gasteiger partial charge is 0.481 e. The van der Waals surface area contributed by atoms with Crippen LogP contribution in [0.2, 0.25) is 0 Å². The third-order valence-corrected chi connectivity index (χ3v) is 12.0. The molecular formula is C26H45N8O17P3S. The van der Waals surface area contributed by atoms with E-state index >= 15 is 0 Å². The number of hydrogen-bond acceptors (Lipinski definition) is 19. The van der Waals surface area contributed by atoms with Crippen LogP contribution in [0.5, 0.6) is 0 Å². The molecule has 1 aliphatic rings. The van der Waals surface area contributed by atoms with E-state index < -0.39 is 84.6 Å². The Morgan fingerprint density at radius 2 is 1.73 bits per heavy atom. The molecule has 312 valence electrons. The molecule has 2 amide bonds. The van der Waals surface area contributed by atoms with E-state index in [0.717, 1.165) is 29.0 Å². The quantitative estimate of drug-likeness (QED) is 0.0515. The predicted molar refractivity (Wildman–Crippen MR) is 190 cm³/mol. The van der Waals surface area contributed by atoms with Gasteiger partial charge in [-0.05, 0) is 21.0 Å². The Morgan fingerprint density at radius 1 is 1.07 bits per heavy atom. The summed E-state index contributed by atoms with van der Waals surface area (Å²) in [6.07, 6.45) is -6.91. The number of carbonyl (C=O) groups excluding carboxylic acids is 3. The van der Waals surface area contributed by atoms with Crippen LogP contribution in [0.1, 0.15) is 33.4 Å². The Kier molecular flexibility index (Phi) is 16.5. The van der Waals surface area contributed by atoms with Crippen LogP contribution in [-0.4, -0.2) is 148 Å². The number of anilines is 1. The smallest absolute Gasteiger partial charge is 0.386 e. The zero-order valence-electron chi connectivity index (χ0n) is 30.1. The third kappa shape index (κ3) is 13.8. The molecule has 2 aromatic heterocycles. The maximum Gasteiger partial charge on any atom is 0.481 e. The van der Waals surface area contributed by atoms with Crippen LogP contribution in [0.15, 0.2) is 12.7 Å². The van der Waals surface area contributed by atoms with E-state index in [1.807, 2.05) is 0 Å². The van der Waals surface area contributed by atoms with Crippen LogP contribution in [0, 0.1) is 5.41 Å². The number of hydrogen-bond donors (Lipinski definition) is 9. The first-order valence-electron chi connectivity index (χ1n) is 16.1. The summed E-state index contributed by atoms with van der Waals surface area (Å²) < 4.78 is 62.0. The highest BCUT2D eigenvalue weighted by Gasteiger charge is 2.50. The Balaban J connectivity index is 1.50. The molecule has 0 spiro atoms. The number of nitrogen functional groups attached to an aromatic ring is 1. The molecule has 2 aromatic rings. The van der Waals surface area contributed by atoms with Crippen LogP contribution in [0.4, 0.5) is 5.82 Å². The third-order valence-electron chi connectivity index (χ3n) is 7.86. The molecule has 0 aromatic carbocycles. The van der Waals surface area contributed by atoms with Crippen molar-refractivity contribution in [2.45, 2.75) is 63.9 Å². The number of likely N-dealkylation sites (N-methyl/N-ethyl adjacent to an activating group) is 1. The lowest BCUT2D eigenvalue weighted by atomic mass is 9.87. The number of nitrogens with two attached hydrogens (primary N) is 1. The second-order valence-electron chi connectivity index (χ2n) is 12.9. The van der Waals surface area contributed by atoms with Crippen LogP contribution in [-0.2, 0) is 50.7 Å². The number of amides is 2. The van der Waals surface area contributed by atoms with Crippen molar-refractivity contribution in [2.24, 2.45) is 5.41 Å². The molecule has 3 heterocycles. The summed E-state index contributed by atoms with van der Waals surface area (Å²) in [6.45, 7) is 2.24. The van der Waals surface area contributed by atoms with Gasteiger partial charge in [-0.15, -0.1) is 0 Å². The molecule has 8 unspecified atom stereocenters. The molecule has 0 radical (unpaired) electrons. The first-order chi connectivity index (χ1) is 25.3. The van der Waals surface area contributed by atoms with E-state index in [-0.39, 0.29) is 47.6 Å². The number of nitrogens with one attached hydrogen (secondary N) is 2. The molecule has 0 saturated carbocycles. The van der Waals surface area contributed by atoms with Gasteiger partial charge in [0.15, 0.2) is 17.7 Å². The number of fused-ring (bicyclic) bond motifs is 1. The van der Waals surface area contributed by atoms with Gasteiger partial charge in [-0.2, -0.15) is 4.31 Å². The topological polar surface area (TPSA) is 367 Å². The van der Waals surface area contributed by atoms with Crippen molar-refractivity contribution in [3.05, 3.63) is 12.7 Å². The molecule has 8 atom stereocenters. The fraction of sp³-hybridized carbons (Fsp3) is 0.692. The Hall–Kier alpha value is -2.48. The van der Waals surface area contributed by atoms with Crippen LogP contribution >= 0.6 is 35.2 Å². The van der Waals surface area contributed by atoms with Crippen molar-refractivity contribution in [3.8, 4) is 0 Å². The summed E-state index contributed by atoms with van der Waals surface area (Å²) in [5, 5.41) is 26.3. The van der Waals surface area contributed by atoms with Gasteiger partial charge >= 0.3 is 23.5 Å². The minimum absolute atomic E-state index is 0.0301. The predicted octanol–water partition coefficient (Wildman–Crippen LogP) is -1.39. The van der Waals surface area contributed by atoms with Crippen molar-refractivity contribution in [1.29, 1.82) is 0 Å². The first-order valence-corrected chi connectivity index (χ1v) is 21.6. The van der Waals surface area contributed by atoms with Crippen molar-refractivity contribution in [3.63, 3.8) is 0 Å². The second-order valence-corrected chi connectivity index (χ2v) is 18.2. The number of phosphoric acid groups is 3. The Labute approximate surface area is 318 Å². The summed E-state index contributed by atoms with van der Waals surface area (Å²) in [4.78, 5) is 89.3. The van der Waals surface area contributed by atoms with Crippen molar-refractivity contribution < 1.29 is 80.5 Å². The van der Waals surface area contributed by atoms with Gasteiger partial charge in [0.2, 0.25) is 16.9 Å². The molecule has 1 saturated heterocycles. The van der Waals surface area contributed by atoms with Gasteiger partial charge < -0.3 is 50.9 Å². The van der Waals surface area contributed by atoms with E-state index in [9.17, 15) is 57.9 Å². The molecule has 1 fully saturated rings. The molecule has 29 heteroatoms. The molecule has 1 aliphatic heterocycles. The number of imidazole rings is 1. The number of aromatic nitrogens is 4. The monoisotopic (exact) mass is 866 g/mol. The second kappa shape index (κ2) is 19.3. The fourth-order valence-corrected chi connectivity index (χ4v) is 8.30. The van der Waals surface area contributed by atoms with E-state index in [1.165, 1.54) is 13.8 Å². The average molecular weight is 867 g/mol. The number of aliphatic hydroxyl groups is 2. The number of thioether (sulfide) groups is 1. The van der Waals surface area contributed by atoms with E-state index in [0.29, 0.717) is 5.75 Å². The molecule has 10 N–H and O–H groups in total. The normalized spacial score (nSPS) is 22.5. The van der Waals surface area contributed by atoms with Crippen LogP contribution in [0.3, 0.4) is 0 Å². The van der Waals surface area contributed by atoms with Crippen molar-refractivity contribution in [2.75, 3.05) is 51.9 Å². The van der Waals surface area contributed by atoms with Gasteiger partial charge in [0, 0.05) is 30.7 Å². The van der Waals surface area contributed by atoms with Gasteiger partial charge in [0.1, 0.15) is 36.3 Å². The van der Waals surface area contributed by atoms with Crippen molar-refractivity contribution in [1.82, 2.24) is 35.1 Å². The van der Waals surface area contributed by atoms with Crippen molar-refractivity contribution >= 4 is 69.1 Å². The maximum absolute atomic E-state index is 12.7. The van der Waals surface area contributed by atoms with Gasteiger partial charge in [-0.3, -0.25) is 37.4 Å². The Bertz CT molecular complexity index is 1820. The molecular weight excluding hydrogens is 821 g/mol. The number of ether oxygens (including phenoxy) is 1. The maximum atomic E-state index is 12.7. The number of nitrogens with zero attached hydrogens (tertiary/aromatic N) is 5. The van der Waals surface area contributed by atoms with Gasteiger partial charge in [0.05, 0.1) is 25.6 Å². The van der Waals surface area contributed by atoms with Gasteiger partial charge in [-0.1, -0.05) is 25.6 Å². The minimum Gasteiger partial charge on any atom is -0.386 e. The number of phosphoric ester groups is 3. The lowest BCUT2D eigenvalue weighted by Gasteiger charge is -2.30. The molecule has 0 aliphatic carbocycles. The van der Waals surface area contributed by atoms with E-state index in [2.05, 4.69) is 34.4 Å². The zero-order valence-corrected chi connectivity index (χ0v) is 33.6. The highest BCUT2D eigenvalue weighted by atomic mass is 32.2. The number of rotatable bonds is 21. The highest BCUT2D eigenvalue weighted by molar-refractivity contribution is 8.13. The standard InChI is InChI=1S/C26H45N8O17P3S/c1-14(33(4)5)25(39)55-9-8-28-16(35)6-7-29-23(38)20(37)26(2,3)11-48-54(45,46)51-53(43,44)47-10-15-19(50-52(40,41)42)18(36)24(49-15)34-13-32-17-21(27)30-12-31-22(17)34/h12-15,18-20,24,36-37H,6-11H2,1-5H3,(H,28,35)(H,29,38)(H,43,44)(H,45,46)(H2,27,30,31)(H2,40,41,42). The number of aliphatic hydroxyl groups excluding tert-OH is 2. The average Bonchev–Trinajstić information content (AvgIpc) is 3.64. The summed E-state index contributed by atoms with van der Waals surface area (Å²) in [5.74, 6) is -1.12. The first kappa shape index (κ1) is 46.9. The number of carbonyl (C=O) groups is 3. The summed E-state index contributed by atoms with van der Waals surface area (Å²) in [5.41, 5.74) is 4.26. The lowest BCUT2D eigenvalue weighted by molar-refractivity contribution is -0.137. The molecule has 55 heavy (non-hydrogen) atoms. The van der Waals surface area contributed by atoms with Crippen LogP contribution < -0.4 is 16.4 Å². The Morgan fingerprint density at radius 3 is 2.36 bits per heavy atom.